The molecule has 2 unspecified atom stereocenters. The highest BCUT2D eigenvalue weighted by molar-refractivity contribution is 5.83. The Hall–Kier alpha value is -1.06. The summed E-state index contributed by atoms with van der Waals surface area (Å²) in [4.78, 5) is 24.2. The van der Waals surface area contributed by atoms with Gasteiger partial charge >= 0.3 is 5.97 Å². The fourth-order valence-electron chi connectivity index (χ4n) is 1.66. The summed E-state index contributed by atoms with van der Waals surface area (Å²) >= 11 is 0. The van der Waals surface area contributed by atoms with Crippen molar-refractivity contribution in [2.24, 2.45) is 5.92 Å². The molecule has 94 valence electrons. The first-order chi connectivity index (χ1) is 7.43. The molecule has 16 heavy (non-hydrogen) atoms. The fourth-order valence-corrected chi connectivity index (χ4v) is 1.66. The van der Waals surface area contributed by atoms with Gasteiger partial charge in [0.1, 0.15) is 6.54 Å². The van der Waals surface area contributed by atoms with Gasteiger partial charge in [0, 0.05) is 12.0 Å². The van der Waals surface area contributed by atoms with E-state index in [0.29, 0.717) is 0 Å². The third kappa shape index (κ3) is 4.64. The molecule has 0 saturated carbocycles. The maximum Gasteiger partial charge on any atom is 0.323 e. The number of nitrogens with zero attached hydrogens (tertiary/aromatic N) is 1. The van der Waals surface area contributed by atoms with Crippen LogP contribution in [0.15, 0.2) is 0 Å². The summed E-state index contributed by atoms with van der Waals surface area (Å²) in [5.74, 6) is -1.07. The molecule has 1 amide bonds. The van der Waals surface area contributed by atoms with E-state index in [-0.39, 0.29) is 24.4 Å². The van der Waals surface area contributed by atoms with E-state index in [1.165, 1.54) is 4.90 Å². The molecule has 0 aliphatic heterocycles. The van der Waals surface area contributed by atoms with Crippen LogP contribution >= 0.6 is 0 Å². The second-order valence-electron chi connectivity index (χ2n) is 4.31. The predicted molar refractivity (Wildman–Crippen MR) is 63.2 cm³/mol. The monoisotopic (exact) mass is 229 g/mol. The highest BCUT2D eigenvalue weighted by Gasteiger charge is 2.25. The second-order valence-corrected chi connectivity index (χ2v) is 4.31. The molecule has 0 radical (unpaired) electrons. The Bertz CT molecular complexity index is 240. The number of carboxylic acids is 1. The van der Waals surface area contributed by atoms with Crippen molar-refractivity contribution in [3.63, 3.8) is 0 Å². The van der Waals surface area contributed by atoms with Gasteiger partial charge in [-0.1, -0.05) is 27.2 Å². The number of aliphatic carboxylic acids is 1. The van der Waals surface area contributed by atoms with E-state index in [1.807, 2.05) is 27.7 Å². The highest BCUT2D eigenvalue weighted by Crippen LogP contribution is 2.13. The zero-order valence-corrected chi connectivity index (χ0v) is 10.7. The highest BCUT2D eigenvalue weighted by atomic mass is 16.4. The van der Waals surface area contributed by atoms with Crippen molar-refractivity contribution in [3.05, 3.63) is 0 Å². The number of amides is 1. The fraction of sp³-hybridized carbons (Fsp3) is 0.833. The number of rotatable bonds is 7. The summed E-state index contributed by atoms with van der Waals surface area (Å²) in [6.45, 7) is 7.54. The third-order valence-corrected chi connectivity index (χ3v) is 2.85. The van der Waals surface area contributed by atoms with Crippen LogP contribution in [0.3, 0.4) is 0 Å². The van der Waals surface area contributed by atoms with Crippen molar-refractivity contribution in [3.8, 4) is 0 Å². The van der Waals surface area contributed by atoms with Gasteiger partial charge in [-0.2, -0.15) is 0 Å². The van der Waals surface area contributed by atoms with Crippen molar-refractivity contribution in [2.45, 2.75) is 53.0 Å². The zero-order chi connectivity index (χ0) is 12.7. The Morgan fingerprint density at radius 2 is 1.81 bits per heavy atom. The first-order valence-corrected chi connectivity index (χ1v) is 5.96. The molecule has 0 aliphatic carbocycles. The predicted octanol–water partition coefficient (Wildman–Crippen LogP) is 2.13. The maximum atomic E-state index is 12.0. The van der Waals surface area contributed by atoms with Gasteiger partial charge in [0.25, 0.3) is 0 Å². The van der Waals surface area contributed by atoms with Gasteiger partial charge in [-0.05, 0) is 19.8 Å². The largest absolute Gasteiger partial charge is 0.480 e. The number of carboxylic acid groups (broad SMARTS) is 1. The van der Waals surface area contributed by atoms with Crippen LogP contribution in [-0.4, -0.2) is 34.5 Å². The third-order valence-electron chi connectivity index (χ3n) is 2.85. The van der Waals surface area contributed by atoms with Crippen LogP contribution in [-0.2, 0) is 9.59 Å². The van der Waals surface area contributed by atoms with Crippen LogP contribution in [0, 0.1) is 5.92 Å². The van der Waals surface area contributed by atoms with Crippen molar-refractivity contribution >= 4 is 11.9 Å². The molecule has 0 aromatic rings. The summed E-state index contributed by atoms with van der Waals surface area (Å²) in [6.07, 6.45) is 2.53. The molecule has 0 spiro atoms. The average molecular weight is 229 g/mol. The normalized spacial score (nSPS) is 14.2. The molecule has 0 saturated heterocycles. The number of carbonyl (C=O) groups is 2. The van der Waals surface area contributed by atoms with E-state index in [9.17, 15) is 9.59 Å². The topological polar surface area (TPSA) is 57.6 Å². The minimum absolute atomic E-state index is 0.0112. The summed E-state index contributed by atoms with van der Waals surface area (Å²) in [5, 5.41) is 8.79. The molecule has 1 N–H and O–H groups in total. The van der Waals surface area contributed by atoms with Crippen LogP contribution < -0.4 is 0 Å². The van der Waals surface area contributed by atoms with Gasteiger partial charge in [0.15, 0.2) is 0 Å². The molecule has 4 nitrogen and oxygen atoms in total. The Labute approximate surface area is 97.6 Å². The van der Waals surface area contributed by atoms with Crippen LogP contribution in [0.1, 0.15) is 47.0 Å². The van der Waals surface area contributed by atoms with Gasteiger partial charge < -0.3 is 10.0 Å². The smallest absolute Gasteiger partial charge is 0.323 e. The lowest BCUT2D eigenvalue weighted by Crippen LogP contribution is -2.44. The van der Waals surface area contributed by atoms with E-state index < -0.39 is 5.97 Å². The molecule has 0 aromatic heterocycles. The zero-order valence-electron chi connectivity index (χ0n) is 10.7. The molecule has 0 aromatic carbocycles. The van der Waals surface area contributed by atoms with E-state index >= 15 is 0 Å². The molecule has 0 bridgehead atoms. The van der Waals surface area contributed by atoms with Gasteiger partial charge in [-0.3, -0.25) is 9.59 Å². The summed E-state index contributed by atoms with van der Waals surface area (Å²) in [7, 11) is 0. The lowest BCUT2D eigenvalue weighted by Gasteiger charge is -2.29. The number of hydrogen-bond donors (Lipinski definition) is 1. The molecule has 0 fully saturated rings. The van der Waals surface area contributed by atoms with Crippen LogP contribution in [0.2, 0.25) is 0 Å². The summed E-state index contributed by atoms with van der Waals surface area (Å²) in [6, 6.07) is -0.0112. The molecule has 0 heterocycles. The lowest BCUT2D eigenvalue weighted by molar-refractivity contribution is -0.148. The molecule has 0 rings (SSSR count). The van der Waals surface area contributed by atoms with Gasteiger partial charge in [0.2, 0.25) is 5.91 Å². The molecule has 2 atom stereocenters. The number of carbonyl (C=O) groups excluding carboxylic acids is 1. The van der Waals surface area contributed by atoms with E-state index in [4.69, 9.17) is 5.11 Å². The minimum Gasteiger partial charge on any atom is -0.480 e. The maximum absolute atomic E-state index is 12.0. The summed E-state index contributed by atoms with van der Waals surface area (Å²) < 4.78 is 0. The minimum atomic E-state index is -0.947. The van der Waals surface area contributed by atoms with Gasteiger partial charge in [-0.25, -0.2) is 0 Å². The summed E-state index contributed by atoms with van der Waals surface area (Å²) in [5.41, 5.74) is 0. The average Bonchev–Trinajstić information content (AvgIpc) is 2.24. The molecule has 4 heteroatoms. The number of hydrogen-bond acceptors (Lipinski definition) is 2. The Balaban J connectivity index is 4.61. The van der Waals surface area contributed by atoms with Crippen molar-refractivity contribution in [1.29, 1.82) is 0 Å². The Morgan fingerprint density at radius 3 is 2.19 bits per heavy atom. The van der Waals surface area contributed by atoms with Crippen molar-refractivity contribution in [1.82, 2.24) is 4.90 Å². The first kappa shape index (κ1) is 14.9. The van der Waals surface area contributed by atoms with Crippen LogP contribution in [0.5, 0.6) is 0 Å². The molecular formula is C12H23NO3. The van der Waals surface area contributed by atoms with Crippen LogP contribution in [0.25, 0.3) is 0 Å². The van der Waals surface area contributed by atoms with Crippen molar-refractivity contribution < 1.29 is 14.7 Å². The Morgan fingerprint density at radius 1 is 1.25 bits per heavy atom. The van der Waals surface area contributed by atoms with Gasteiger partial charge in [0.05, 0.1) is 0 Å². The molecular weight excluding hydrogens is 206 g/mol. The van der Waals surface area contributed by atoms with Crippen molar-refractivity contribution in [2.75, 3.05) is 6.54 Å². The lowest BCUT2D eigenvalue weighted by atomic mass is 10.0. The van der Waals surface area contributed by atoms with E-state index in [2.05, 4.69) is 0 Å². The van der Waals surface area contributed by atoms with Gasteiger partial charge in [-0.15, -0.1) is 0 Å². The quantitative estimate of drug-likeness (QED) is 0.727. The SMILES string of the molecule is CCCC(C)C(=O)N(CC(=O)O)C(C)CC. The van der Waals surface area contributed by atoms with E-state index in [0.717, 1.165) is 19.3 Å². The van der Waals surface area contributed by atoms with Crippen LogP contribution in [0.4, 0.5) is 0 Å². The second kappa shape index (κ2) is 7.25. The first-order valence-electron chi connectivity index (χ1n) is 5.96. The standard InChI is InChI=1S/C12H23NO3/c1-5-7-9(3)12(16)13(8-11(14)15)10(4)6-2/h9-10H,5-8H2,1-4H3,(H,14,15). The van der Waals surface area contributed by atoms with E-state index in [1.54, 1.807) is 0 Å². The Kier molecular flexibility index (Phi) is 6.77. The molecule has 0 aliphatic rings.